The number of ether oxygens (including phenoxy) is 1. The summed E-state index contributed by atoms with van der Waals surface area (Å²) in [6, 6.07) is 0.682. The van der Waals surface area contributed by atoms with E-state index in [0.717, 1.165) is 38.0 Å². The van der Waals surface area contributed by atoms with Crippen molar-refractivity contribution >= 4 is 5.95 Å². The molecule has 0 amide bonds. The van der Waals surface area contributed by atoms with Crippen LogP contribution in [-0.2, 0) is 4.74 Å². The van der Waals surface area contributed by atoms with Gasteiger partial charge in [-0.2, -0.15) is 0 Å². The van der Waals surface area contributed by atoms with Crippen LogP contribution in [0.1, 0.15) is 39.2 Å². The normalized spacial score (nSPS) is 15.5. The lowest BCUT2D eigenvalue weighted by atomic mass is 10.1. The van der Waals surface area contributed by atoms with Crippen molar-refractivity contribution in [1.82, 2.24) is 9.55 Å². The molecule has 0 spiro atoms. The third-order valence-corrected chi connectivity index (χ3v) is 2.98. The Labute approximate surface area is 103 Å². The van der Waals surface area contributed by atoms with E-state index in [1.54, 1.807) is 0 Å². The maximum Gasteiger partial charge on any atom is 0.203 e. The summed E-state index contributed by atoms with van der Waals surface area (Å²) in [7, 11) is 0. The Morgan fingerprint density at radius 2 is 2.29 bits per heavy atom. The topological polar surface area (TPSA) is 39.1 Å². The molecule has 2 rings (SSSR count). The Morgan fingerprint density at radius 1 is 1.47 bits per heavy atom. The highest BCUT2D eigenvalue weighted by Crippen LogP contribution is 2.36. The summed E-state index contributed by atoms with van der Waals surface area (Å²) in [5, 5.41) is 3.33. The fourth-order valence-corrected chi connectivity index (χ4v) is 1.75. The van der Waals surface area contributed by atoms with Crippen LogP contribution in [0, 0.1) is 5.92 Å². The van der Waals surface area contributed by atoms with Gasteiger partial charge in [0.2, 0.25) is 5.95 Å². The standard InChI is InChI=1S/C13H23N3O/c1-11(2)5-9-17-10-7-15-13-14-6-8-16(13)12-3-4-12/h6,8,11-12H,3-5,7,9-10H2,1-2H3,(H,14,15). The molecule has 1 fully saturated rings. The molecule has 1 aromatic heterocycles. The second-order valence-electron chi connectivity index (χ2n) is 5.11. The van der Waals surface area contributed by atoms with Crippen molar-refractivity contribution < 1.29 is 4.74 Å². The van der Waals surface area contributed by atoms with E-state index in [4.69, 9.17) is 4.74 Å². The molecule has 4 nitrogen and oxygen atoms in total. The second kappa shape index (κ2) is 6.05. The predicted molar refractivity (Wildman–Crippen MR) is 69.3 cm³/mol. The van der Waals surface area contributed by atoms with E-state index in [1.807, 2.05) is 6.20 Å². The number of nitrogens with zero attached hydrogens (tertiary/aromatic N) is 2. The minimum atomic E-state index is 0.682. The molecule has 1 saturated carbocycles. The zero-order valence-corrected chi connectivity index (χ0v) is 10.9. The van der Waals surface area contributed by atoms with Gasteiger partial charge in [0, 0.05) is 31.6 Å². The molecule has 0 bridgehead atoms. The molecule has 1 aromatic rings. The number of nitrogens with one attached hydrogen (secondary N) is 1. The van der Waals surface area contributed by atoms with Crippen molar-refractivity contribution in [2.45, 2.75) is 39.2 Å². The van der Waals surface area contributed by atoms with Crippen LogP contribution < -0.4 is 5.32 Å². The molecule has 4 heteroatoms. The van der Waals surface area contributed by atoms with Crippen LogP contribution in [0.5, 0.6) is 0 Å². The second-order valence-corrected chi connectivity index (χ2v) is 5.11. The van der Waals surface area contributed by atoms with Gasteiger partial charge < -0.3 is 14.6 Å². The molecule has 1 N–H and O–H groups in total. The van der Waals surface area contributed by atoms with Crippen LogP contribution >= 0.6 is 0 Å². The Bertz CT molecular complexity index is 331. The van der Waals surface area contributed by atoms with Gasteiger partial charge >= 0.3 is 0 Å². The average Bonchev–Trinajstić information content (AvgIpc) is 3.03. The molecule has 0 radical (unpaired) electrons. The highest BCUT2D eigenvalue weighted by molar-refractivity contribution is 5.27. The summed E-state index contributed by atoms with van der Waals surface area (Å²) in [5.74, 6) is 1.71. The Morgan fingerprint density at radius 3 is 3.00 bits per heavy atom. The molecule has 1 heterocycles. The molecule has 1 aliphatic rings. The van der Waals surface area contributed by atoms with Gasteiger partial charge in [-0.1, -0.05) is 13.8 Å². The number of imidazole rings is 1. The van der Waals surface area contributed by atoms with Crippen LogP contribution in [0.4, 0.5) is 5.95 Å². The predicted octanol–water partition coefficient (Wildman–Crippen LogP) is 2.69. The van der Waals surface area contributed by atoms with Crippen molar-refractivity contribution in [2.75, 3.05) is 25.1 Å². The lowest BCUT2D eigenvalue weighted by Crippen LogP contribution is -2.13. The summed E-state index contributed by atoms with van der Waals surface area (Å²) in [4.78, 5) is 4.32. The summed E-state index contributed by atoms with van der Waals surface area (Å²) in [6.07, 6.45) is 7.63. The van der Waals surface area contributed by atoms with Crippen LogP contribution in [0.25, 0.3) is 0 Å². The third-order valence-electron chi connectivity index (χ3n) is 2.98. The van der Waals surface area contributed by atoms with Crippen LogP contribution in [0.3, 0.4) is 0 Å². The minimum absolute atomic E-state index is 0.682. The number of anilines is 1. The van der Waals surface area contributed by atoms with E-state index in [2.05, 4.69) is 34.9 Å². The molecule has 0 aliphatic heterocycles. The largest absolute Gasteiger partial charge is 0.380 e. The van der Waals surface area contributed by atoms with Crippen LogP contribution in [0.15, 0.2) is 12.4 Å². The quantitative estimate of drug-likeness (QED) is 0.707. The zero-order valence-electron chi connectivity index (χ0n) is 10.9. The summed E-state index contributed by atoms with van der Waals surface area (Å²) in [6.45, 7) is 6.88. The Kier molecular flexibility index (Phi) is 4.42. The molecule has 1 aliphatic carbocycles. The van der Waals surface area contributed by atoms with Gasteiger partial charge in [-0.05, 0) is 25.2 Å². The first-order chi connectivity index (χ1) is 8.27. The van der Waals surface area contributed by atoms with E-state index >= 15 is 0 Å². The van der Waals surface area contributed by atoms with Crippen molar-refractivity contribution in [3.05, 3.63) is 12.4 Å². The monoisotopic (exact) mass is 237 g/mol. The number of rotatable bonds is 8. The van der Waals surface area contributed by atoms with Gasteiger partial charge in [-0.25, -0.2) is 4.98 Å². The fourth-order valence-electron chi connectivity index (χ4n) is 1.75. The van der Waals surface area contributed by atoms with Crippen molar-refractivity contribution in [2.24, 2.45) is 5.92 Å². The molecule has 0 atom stereocenters. The Hall–Kier alpha value is -1.03. The lowest BCUT2D eigenvalue weighted by Gasteiger charge is -2.09. The van der Waals surface area contributed by atoms with E-state index in [0.29, 0.717) is 6.04 Å². The van der Waals surface area contributed by atoms with Crippen molar-refractivity contribution in [3.63, 3.8) is 0 Å². The average molecular weight is 237 g/mol. The number of hydrogen-bond acceptors (Lipinski definition) is 3. The zero-order chi connectivity index (χ0) is 12.1. The molecular formula is C13H23N3O. The minimum Gasteiger partial charge on any atom is -0.380 e. The van der Waals surface area contributed by atoms with Gasteiger partial charge in [0.1, 0.15) is 0 Å². The fraction of sp³-hybridized carbons (Fsp3) is 0.769. The first-order valence-corrected chi connectivity index (χ1v) is 6.62. The molecule has 17 heavy (non-hydrogen) atoms. The van der Waals surface area contributed by atoms with Crippen LogP contribution in [0.2, 0.25) is 0 Å². The molecule has 96 valence electrons. The van der Waals surface area contributed by atoms with Crippen molar-refractivity contribution in [3.8, 4) is 0 Å². The van der Waals surface area contributed by atoms with Crippen molar-refractivity contribution in [1.29, 1.82) is 0 Å². The summed E-state index contributed by atoms with van der Waals surface area (Å²) in [5.41, 5.74) is 0. The SMILES string of the molecule is CC(C)CCOCCNc1nccn1C1CC1. The first-order valence-electron chi connectivity index (χ1n) is 6.62. The van der Waals surface area contributed by atoms with E-state index in [9.17, 15) is 0 Å². The van der Waals surface area contributed by atoms with Gasteiger partial charge in [0.05, 0.1) is 6.61 Å². The molecule has 0 aromatic carbocycles. The number of hydrogen-bond donors (Lipinski definition) is 1. The van der Waals surface area contributed by atoms with Gasteiger partial charge in [-0.15, -0.1) is 0 Å². The summed E-state index contributed by atoms with van der Waals surface area (Å²) < 4.78 is 7.79. The summed E-state index contributed by atoms with van der Waals surface area (Å²) >= 11 is 0. The maximum absolute atomic E-state index is 5.56. The third kappa shape index (κ3) is 4.04. The van der Waals surface area contributed by atoms with E-state index in [1.165, 1.54) is 12.8 Å². The lowest BCUT2D eigenvalue weighted by molar-refractivity contribution is 0.132. The van der Waals surface area contributed by atoms with Gasteiger partial charge in [0.25, 0.3) is 0 Å². The molecular weight excluding hydrogens is 214 g/mol. The number of aromatic nitrogens is 2. The first kappa shape index (κ1) is 12.4. The smallest absolute Gasteiger partial charge is 0.203 e. The van der Waals surface area contributed by atoms with Gasteiger partial charge in [0.15, 0.2) is 0 Å². The highest BCUT2D eigenvalue weighted by atomic mass is 16.5. The van der Waals surface area contributed by atoms with E-state index < -0.39 is 0 Å². The Balaban J connectivity index is 1.59. The highest BCUT2D eigenvalue weighted by Gasteiger charge is 2.25. The van der Waals surface area contributed by atoms with Gasteiger partial charge in [-0.3, -0.25) is 0 Å². The maximum atomic E-state index is 5.56. The molecule has 0 unspecified atom stereocenters. The van der Waals surface area contributed by atoms with Crippen LogP contribution in [-0.4, -0.2) is 29.3 Å². The van der Waals surface area contributed by atoms with E-state index in [-0.39, 0.29) is 0 Å². The molecule has 0 saturated heterocycles.